The summed E-state index contributed by atoms with van der Waals surface area (Å²) in [6, 6.07) is 1.56. The second-order valence-electron chi connectivity index (χ2n) is 4.04. The average molecular weight is 322 g/mol. The molecule has 114 valence electrons. The molecule has 0 atom stereocenters. The molecule has 0 radical (unpaired) electrons. The number of nitrogens with zero attached hydrogens (tertiary/aromatic N) is 1. The maximum absolute atomic E-state index is 12.0. The van der Waals surface area contributed by atoms with Crippen LogP contribution >= 0.6 is 0 Å². The smallest absolute Gasteiger partial charge is 0.244 e. The van der Waals surface area contributed by atoms with Crippen molar-refractivity contribution in [2.24, 2.45) is 0 Å². The Morgan fingerprint density at radius 1 is 1.15 bits per heavy atom. The number of aromatic nitrogens is 1. The fourth-order valence-electron chi connectivity index (χ4n) is 1.43. The minimum Gasteiger partial charge on any atom is -0.387 e. The van der Waals surface area contributed by atoms with Gasteiger partial charge in [0, 0.05) is 32.5 Å². The van der Waals surface area contributed by atoms with Gasteiger partial charge in [-0.25, -0.2) is 26.3 Å². The number of hydrogen-bond donors (Lipinski definition) is 3. The van der Waals surface area contributed by atoms with Gasteiger partial charge < -0.3 is 5.32 Å². The van der Waals surface area contributed by atoms with Gasteiger partial charge >= 0.3 is 0 Å². The molecule has 20 heavy (non-hydrogen) atoms. The van der Waals surface area contributed by atoms with Crippen LogP contribution in [0.25, 0.3) is 0 Å². The molecule has 0 bridgehead atoms. The van der Waals surface area contributed by atoms with Crippen LogP contribution in [0.15, 0.2) is 23.4 Å². The summed E-state index contributed by atoms with van der Waals surface area (Å²) in [5.41, 5.74) is 0.446. The van der Waals surface area contributed by atoms with Crippen LogP contribution in [0.5, 0.6) is 0 Å². The van der Waals surface area contributed by atoms with E-state index in [1.807, 2.05) is 0 Å². The molecule has 1 heterocycles. The second kappa shape index (κ2) is 6.97. The van der Waals surface area contributed by atoms with Gasteiger partial charge in [0.1, 0.15) is 4.90 Å². The predicted octanol–water partition coefficient (Wildman–Crippen LogP) is -0.659. The van der Waals surface area contributed by atoms with E-state index in [4.69, 9.17) is 0 Å². The van der Waals surface area contributed by atoms with Crippen molar-refractivity contribution in [3.05, 3.63) is 18.5 Å². The number of nitrogens with one attached hydrogen (secondary N) is 3. The first-order valence-electron chi connectivity index (χ1n) is 5.82. The number of pyridine rings is 1. The van der Waals surface area contributed by atoms with Crippen LogP contribution in [-0.2, 0) is 20.0 Å². The lowest BCUT2D eigenvalue weighted by atomic mass is 10.4. The number of sulfonamides is 2. The summed E-state index contributed by atoms with van der Waals surface area (Å²) in [5, 5.41) is 2.77. The van der Waals surface area contributed by atoms with E-state index in [1.54, 1.807) is 13.1 Å². The van der Waals surface area contributed by atoms with E-state index in [1.165, 1.54) is 12.4 Å². The van der Waals surface area contributed by atoms with E-state index in [9.17, 15) is 16.8 Å². The monoisotopic (exact) mass is 322 g/mol. The third kappa shape index (κ3) is 5.41. The quantitative estimate of drug-likeness (QED) is 0.547. The van der Waals surface area contributed by atoms with Crippen molar-refractivity contribution in [1.29, 1.82) is 0 Å². The molecule has 0 unspecified atom stereocenters. The Labute approximate surface area is 119 Å². The summed E-state index contributed by atoms with van der Waals surface area (Å²) in [7, 11) is -5.31. The Balaban J connectivity index is 2.58. The van der Waals surface area contributed by atoms with Crippen molar-refractivity contribution < 1.29 is 16.8 Å². The SMILES string of the molecule is CNc1ccncc1S(=O)(=O)NCCCNS(C)(=O)=O. The Kier molecular flexibility index (Phi) is 5.87. The third-order valence-electron chi connectivity index (χ3n) is 2.35. The fraction of sp³-hybridized carbons (Fsp3) is 0.500. The van der Waals surface area contributed by atoms with Crippen molar-refractivity contribution >= 4 is 25.7 Å². The summed E-state index contributed by atoms with van der Waals surface area (Å²) in [5.74, 6) is 0. The van der Waals surface area contributed by atoms with Gasteiger partial charge in [0.25, 0.3) is 0 Å². The molecular formula is C10H18N4O4S2. The highest BCUT2D eigenvalue weighted by Gasteiger charge is 2.17. The molecule has 10 heteroatoms. The minimum atomic E-state index is -3.67. The molecule has 0 saturated carbocycles. The maximum Gasteiger partial charge on any atom is 0.244 e. The number of anilines is 1. The van der Waals surface area contributed by atoms with Crippen LogP contribution in [0, 0.1) is 0 Å². The van der Waals surface area contributed by atoms with E-state index in [0.717, 1.165) is 6.26 Å². The van der Waals surface area contributed by atoms with Gasteiger partial charge in [-0.1, -0.05) is 0 Å². The molecule has 0 saturated heterocycles. The lowest BCUT2D eigenvalue weighted by Crippen LogP contribution is -2.29. The molecular weight excluding hydrogens is 304 g/mol. The zero-order valence-corrected chi connectivity index (χ0v) is 12.9. The summed E-state index contributed by atoms with van der Waals surface area (Å²) in [6.45, 7) is 0.302. The summed E-state index contributed by atoms with van der Waals surface area (Å²) >= 11 is 0. The highest BCUT2D eigenvalue weighted by Crippen LogP contribution is 2.18. The number of hydrogen-bond acceptors (Lipinski definition) is 6. The van der Waals surface area contributed by atoms with Gasteiger partial charge in [0.2, 0.25) is 20.0 Å². The van der Waals surface area contributed by atoms with Crippen LogP contribution in [0.2, 0.25) is 0 Å². The Hall–Kier alpha value is -1.23. The molecule has 1 rings (SSSR count). The van der Waals surface area contributed by atoms with E-state index >= 15 is 0 Å². The molecule has 0 fully saturated rings. The van der Waals surface area contributed by atoms with Gasteiger partial charge in [-0.15, -0.1) is 0 Å². The molecule has 1 aromatic heterocycles. The lowest BCUT2D eigenvalue weighted by molar-refractivity contribution is 0.575. The summed E-state index contributed by atoms with van der Waals surface area (Å²) in [6.07, 6.45) is 4.14. The topological polar surface area (TPSA) is 117 Å². The first kappa shape index (κ1) is 16.8. The van der Waals surface area contributed by atoms with Gasteiger partial charge in [0.05, 0.1) is 11.9 Å². The van der Waals surface area contributed by atoms with E-state index in [0.29, 0.717) is 12.1 Å². The summed E-state index contributed by atoms with van der Waals surface area (Å²) in [4.78, 5) is 3.84. The van der Waals surface area contributed by atoms with Gasteiger partial charge in [-0.2, -0.15) is 0 Å². The van der Waals surface area contributed by atoms with Crippen LogP contribution in [0.1, 0.15) is 6.42 Å². The van der Waals surface area contributed by atoms with E-state index < -0.39 is 20.0 Å². The predicted molar refractivity (Wildman–Crippen MR) is 76.4 cm³/mol. The second-order valence-corrected chi connectivity index (χ2v) is 7.61. The van der Waals surface area contributed by atoms with Crippen molar-refractivity contribution in [3.8, 4) is 0 Å². The third-order valence-corrected chi connectivity index (χ3v) is 4.57. The fourth-order valence-corrected chi connectivity index (χ4v) is 3.17. The average Bonchev–Trinajstić information content (AvgIpc) is 2.36. The summed E-state index contributed by atoms with van der Waals surface area (Å²) < 4.78 is 50.4. The molecule has 0 spiro atoms. The number of rotatable bonds is 8. The Morgan fingerprint density at radius 3 is 2.40 bits per heavy atom. The first-order valence-corrected chi connectivity index (χ1v) is 9.20. The molecule has 1 aromatic rings. The van der Waals surface area contributed by atoms with Crippen LogP contribution in [-0.4, -0.2) is 48.2 Å². The van der Waals surface area contributed by atoms with Gasteiger partial charge in [0.15, 0.2) is 0 Å². The highest BCUT2D eigenvalue weighted by atomic mass is 32.2. The standard InChI is InChI=1S/C10H18N4O4S2/c1-11-9-4-7-12-8-10(9)20(17,18)14-6-3-5-13-19(2,15)16/h4,7-8,13-14H,3,5-6H2,1-2H3,(H,11,12). The molecule has 0 aliphatic carbocycles. The van der Waals surface area contributed by atoms with E-state index in [-0.39, 0.29) is 18.0 Å². The highest BCUT2D eigenvalue weighted by molar-refractivity contribution is 7.89. The van der Waals surface area contributed by atoms with Crippen LogP contribution in [0.4, 0.5) is 5.69 Å². The van der Waals surface area contributed by atoms with E-state index in [2.05, 4.69) is 19.7 Å². The molecule has 8 nitrogen and oxygen atoms in total. The van der Waals surface area contributed by atoms with Gasteiger partial charge in [-0.05, 0) is 12.5 Å². The minimum absolute atomic E-state index is 0.0542. The largest absolute Gasteiger partial charge is 0.387 e. The molecule has 3 N–H and O–H groups in total. The Morgan fingerprint density at radius 2 is 1.80 bits per heavy atom. The molecule has 0 amide bonds. The van der Waals surface area contributed by atoms with Crippen LogP contribution in [0.3, 0.4) is 0 Å². The molecule has 0 aliphatic rings. The van der Waals surface area contributed by atoms with Crippen LogP contribution < -0.4 is 14.8 Å². The molecule has 0 aliphatic heterocycles. The first-order chi connectivity index (χ1) is 9.26. The van der Waals surface area contributed by atoms with Crippen molar-refractivity contribution in [2.45, 2.75) is 11.3 Å². The van der Waals surface area contributed by atoms with Crippen molar-refractivity contribution in [1.82, 2.24) is 14.4 Å². The van der Waals surface area contributed by atoms with Crippen molar-refractivity contribution in [3.63, 3.8) is 0 Å². The van der Waals surface area contributed by atoms with Gasteiger partial charge in [-0.3, -0.25) is 4.98 Å². The maximum atomic E-state index is 12.0. The zero-order valence-electron chi connectivity index (χ0n) is 11.3. The molecule has 0 aromatic carbocycles. The van der Waals surface area contributed by atoms with Crippen molar-refractivity contribution in [2.75, 3.05) is 31.7 Å². The zero-order chi connectivity index (χ0) is 15.2. The lowest BCUT2D eigenvalue weighted by Gasteiger charge is -2.10. The Bertz CT molecular complexity index is 643. The normalized spacial score (nSPS) is 12.3.